The SMILES string of the molecule is CCCCCC=Cc1ccc(-c2c(C(=O)O)ccc(C#N)c2F)cc1. The van der Waals surface area contributed by atoms with Crippen molar-refractivity contribution < 1.29 is 14.3 Å². The maximum Gasteiger partial charge on any atom is 0.336 e. The van der Waals surface area contributed by atoms with Gasteiger partial charge in [-0.3, -0.25) is 0 Å². The van der Waals surface area contributed by atoms with Crippen LogP contribution < -0.4 is 0 Å². The van der Waals surface area contributed by atoms with E-state index in [4.69, 9.17) is 5.26 Å². The van der Waals surface area contributed by atoms with Gasteiger partial charge in [0, 0.05) is 5.56 Å². The monoisotopic (exact) mass is 337 g/mol. The lowest BCUT2D eigenvalue weighted by Crippen LogP contribution is -2.03. The van der Waals surface area contributed by atoms with Gasteiger partial charge in [-0.15, -0.1) is 0 Å². The first kappa shape index (κ1) is 18.4. The molecule has 4 heteroatoms. The fraction of sp³-hybridized carbons (Fsp3) is 0.238. The zero-order chi connectivity index (χ0) is 18.2. The Bertz CT molecular complexity index is 817. The third-order valence-corrected chi connectivity index (χ3v) is 3.98. The number of aromatic carboxylic acids is 1. The highest BCUT2D eigenvalue weighted by Gasteiger charge is 2.19. The number of nitriles is 1. The molecule has 0 atom stereocenters. The minimum absolute atomic E-state index is 0.0509. The quantitative estimate of drug-likeness (QED) is 0.663. The van der Waals surface area contributed by atoms with E-state index in [1.54, 1.807) is 18.2 Å². The molecule has 0 aliphatic rings. The lowest BCUT2D eigenvalue weighted by Gasteiger charge is -2.09. The van der Waals surface area contributed by atoms with Crippen LogP contribution in [0, 0.1) is 17.1 Å². The van der Waals surface area contributed by atoms with Crippen LogP contribution in [0.2, 0.25) is 0 Å². The zero-order valence-electron chi connectivity index (χ0n) is 14.1. The van der Waals surface area contributed by atoms with Gasteiger partial charge in [0.05, 0.1) is 11.1 Å². The standard InChI is InChI=1S/C21H20FNO2/c1-2-3-4-5-6-7-15-8-10-16(11-9-15)19-18(21(24)25)13-12-17(14-23)20(19)22/h6-13H,2-5H2,1H3,(H,24,25). The number of unbranched alkanes of at least 4 members (excludes halogenated alkanes) is 3. The van der Waals surface area contributed by atoms with Gasteiger partial charge in [0.1, 0.15) is 11.9 Å². The second-order valence-corrected chi connectivity index (χ2v) is 5.79. The first-order valence-electron chi connectivity index (χ1n) is 8.31. The van der Waals surface area contributed by atoms with Gasteiger partial charge >= 0.3 is 5.97 Å². The Balaban J connectivity index is 2.31. The van der Waals surface area contributed by atoms with Gasteiger partial charge in [-0.1, -0.05) is 56.2 Å². The van der Waals surface area contributed by atoms with E-state index in [2.05, 4.69) is 13.0 Å². The first-order chi connectivity index (χ1) is 12.1. The summed E-state index contributed by atoms with van der Waals surface area (Å²) in [7, 11) is 0. The summed E-state index contributed by atoms with van der Waals surface area (Å²) in [5, 5.41) is 18.3. The minimum atomic E-state index is -1.22. The third kappa shape index (κ3) is 4.54. The first-order valence-corrected chi connectivity index (χ1v) is 8.31. The predicted molar refractivity (Wildman–Crippen MR) is 96.7 cm³/mol. The number of rotatable bonds is 7. The van der Waals surface area contributed by atoms with E-state index in [1.165, 1.54) is 25.0 Å². The zero-order valence-corrected chi connectivity index (χ0v) is 14.1. The van der Waals surface area contributed by atoms with Gasteiger partial charge < -0.3 is 5.11 Å². The number of carboxylic acids is 1. The molecule has 1 N–H and O–H groups in total. The Labute approximate surface area is 147 Å². The highest BCUT2D eigenvalue weighted by Crippen LogP contribution is 2.29. The van der Waals surface area contributed by atoms with Crippen molar-refractivity contribution in [1.82, 2.24) is 0 Å². The number of halogens is 1. The van der Waals surface area contributed by atoms with Crippen LogP contribution >= 0.6 is 0 Å². The van der Waals surface area contributed by atoms with E-state index in [9.17, 15) is 14.3 Å². The summed E-state index contributed by atoms with van der Waals surface area (Å²) < 4.78 is 14.5. The van der Waals surface area contributed by atoms with E-state index in [0.29, 0.717) is 5.56 Å². The van der Waals surface area contributed by atoms with Crippen molar-refractivity contribution in [2.45, 2.75) is 32.6 Å². The summed E-state index contributed by atoms with van der Waals surface area (Å²) in [5.74, 6) is -2.02. The van der Waals surface area contributed by atoms with Crippen molar-refractivity contribution in [2.24, 2.45) is 0 Å². The molecule has 0 saturated carbocycles. The number of carbonyl (C=O) groups is 1. The molecule has 0 saturated heterocycles. The molecule has 25 heavy (non-hydrogen) atoms. The van der Waals surface area contributed by atoms with Gasteiger partial charge in [0.15, 0.2) is 0 Å². The van der Waals surface area contributed by atoms with Gasteiger partial charge in [0.25, 0.3) is 0 Å². The number of allylic oxidation sites excluding steroid dienone is 1. The molecule has 2 rings (SSSR count). The fourth-order valence-corrected chi connectivity index (χ4v) is 2.62. The molecule has 0 aliphatic carbocycles. The van der Waals surface area contributed by atoms with Crippen molar-refractivity contribution in [3.63, 3.8) is 0 Å². The molecule has 0 spiro atoms. The molecule has 0 fully saturated rings. The smallest absolute Gasteiger partial charge is 0.336 e. The molecule has 0 unspecified atom stereocenters. The van der Waals surface area contributed by atoms with Gasteiger partial charge in [0.2, 0.25) is 0 Å². The Morgan fingerprint density at radius 1 is 1.20 bits per heavy atom. The topological polar surface area (TPSA) is 61.1 Å². The summed E-state index contributed by atoms with van der Waals surface area (Å²) in [6.07, 6.45) is 8.65. The molecule has 0 amide bonds. The second kappa shape index (κ2) is 8.79. The van der Waals surface area contributed by atoms with Crippen molar-refractivity contribution in [1.29, 1.82) is 5.26 Å². The van der Waals surface area contributed by atoms with Crippen LogP contribution in [-0.2, 0) is 0 Å². The summed E-state index contributed by atoms with van der Waals surface area (Å²) in [4.78, 5) is 11.4. The normalized spacial score (nSPS) is 10.8. The van der Waals surface area contributed by atoms with Crippen molar-refractivity contribution in [2.75, 3.05) is 0 Å². The summed E-state index contributed by atoms with van der Waals surface area (Å²) in [6, 6.07) is 11.2. The van der Waals surface area contributed by atoms with E-state index in [-0.39, 0.29) is 16.7 Å². The van der Waals surface area contributed by atoms with E-state index in [1.807, 2.05) is 18.2 Å². The highest BCUT2D eigenvalue weighted by atomic mass is 19.1. The molecule has 2 aromatic carbocycles. The molecule has 3 nitrogen and oxygen atoms in total. The number of hydrogen-bond acceptors (Lipinski definition) is 2. The Hall–Kier alpha value is -2.93. The number of benzene rings is 2. The number of hydrogen-bond donors (Lipinski definition) is 1. The molecular formula is C21H20FNO2. The highest BCUT2D eigenvalue weighted by molar-refractivity contribution is 5.96. The Kier molecular flexibility index (Phi) is 6.47. The van der Waals surface area contributed by atoms with Gasteiger partial charge in [-0.05, 0) is 36.1 Å². The molecule has 0 aromatic heterocycles. The average molecular weight is 337 g/mol. The molecule has 0 bridgehead atoms. The van der Waals surface area contributed by atoms with Crippen LogP contribution in [0.25, 0.3) is 17.2 Å². The van der Waals surface area contributed by atoms with Crippen LogP contribution in [-0.4, -0.2) is 11.1 Å². The van der Waals surface area contributed by atoms with Gasteiger partial charge in [-0.2, -0.15) is 5.26 Å². The number of carboxylic acid groups (broad SMARTS) is 1. The van der Waals surface area contributed by atoms with Crippen LogP contribution in [0.15, 0.2) is 42.5 Å². The Morgan fingerprint density at radius 3 is 2.52 bits per heavy atom. The molecule has 0 aliphatic heterocycles. The lowest BCUT2D eigenvalue weighted by molar-refractivity contribution is 0.0697. The lowest BCUT2D eigenvalue weighted by atomic mass is 9.95. The molecule has 2 aromatic rings. The van der Waals surface area contributed by atoms with Crippen molar-refractivity contribution in [3.8, 4) is 17.2 Å². The predicted octanol–water partition coefficient (Wildman–Crippen LogP) is 5.66. The maximum absolute atomic E-state index is 14.5. The van der Waals surface area contributed by atoms with Gasteiger partial charge in [-0.25, -0.2) is 9.18 Å². The summed E-state index contributed by atoms with van der Waals surface area (Å²) >= 11 is 0. The van der Waals surface area contributed by atoms with E-state index in [0.717, 1.165) is 18.4 Å². The van der Waals surface area contributed by atoms with Crippen LogP contribution in [0.5, 0.6) is 0 Å². The van der Waals surface area contributed by atoms with E-state index < -0.39 is 11.8 Å². The fourth-order valence-electron chi connectivity index (χ4n) is 2.62. The maximum atomic E-state index is 14.5. The summed E-state index contributed by atoms with van der Waals surface area (Å²) in [6.45, 7) is 2.16. The number of nitrogens with zero attached hydrogens (tertiary/aromatic N) is 1. The average Bonchev–Trinajstić information content (AvgIpc) is 2.62. The molecule has 128 valence electrons. The largest absolute Gasteiger partial charge is 0.478 e. The second-order valence-electron chi connectivity index (χ2n) is 5.79. The van der Waals surface area contributed by atoms with Crippen molar-refractivity contribution >= 4 is 12.0 Å². The molecule has 0 radical (unpaired) electrons. The van der Waals surface area contributed by atoms with Crippen molar-refractivity contribution in [3.05, 3.63) is 65.0 Å². The van der Waals surface area contributed by atoms with Crippen LogP contribution in [0.4, 0.5) is 4.39 Å². The van der Waals surface area contributed by atoms with E-state index >= 15 is 0 Å². The molecule has 0 heterocycles. The molecular weight excluding hydrogens is 317 g/mol. The minimum Gasteiger partial charge on any atom is -0.478 e. The third-order valence-electron chi connectivity index (χ3n) is 3.98. The Morgan fingerprint density at radius 2 is 1.92 bits per heavy atom. The summed E-state index contributed by atoms with van der Waals surface area (Å²) in [5.41, 5.74) is 1.04. The van der Waals surface area contributed by atoms with Crippen LogP contribution in [0.3, 0.4) is 0 Å². The van der Waals surface area contributed by atoms with Crippen LogP contribution in [0.1, 0.15) is 54.1 Å².